The summed E-state index contributed by atoms with van der Waals surface area (Å²) >= 11 is 3.47. The van der Waals surface area contributed by atoms with Crippen LogP contribution in [0.5, 0.6) is 0 Å². The number of rotatable bonds is 3. The van der Waals surface area contributed by atoms with Gasteiger partial charge in [-0.05, 0) is 63.3 Å². The van der Waals surface area contributed by atoms with E-state index in [2.05, 4.69) is 66.3 Å². The standard InChI is InChI=1S/C14H20BrN/c1-14(2,3)16-9-11-8-13(11)10-4-6-12(15)7-5-10/h4-7,11,13,16H,8-9H2,1-3H3. The first kappa shape index (κ1) is 12.1. The molecule has 16 heavy (non-hydrogen) atoms. The first-order chi connectivity index (χ1) is 7.46. The number of hydrogen-bond acceptors (Lipinski definition) is 1. The Hall–Kier alpha value is -0.340. The molecule has 0 aromatic heterocycles. The molecule has 88 valence electrons. The highest BCUT2D eigenvalue weighted by atomic mass is 79.9. The average molecular weight is 282 g/mol. The Morgan fingerprint density at radius 2 is 1.88 bits per heavy atom. The smallest absolute Gasteiger partial charge is 0.0175 e. The molecule has 1 saturated carbocycles. The molecule has 0 bridgehead atoms. The van der Waals surface area contributed by atoms with E-state index in [1.54, 1.807) is 0 Å². The van der Waals surface area contributed by atoms with Gasteiger partial charge in [0.15, 0.2) is 0 Å². The molecule has 1 aliphatic carbocycles. The molecule has 1 nitrogen and oxygen atoms in total. The molecule has 0 amide bonds. The Morgan fingerprint density at radius 3 is 2.44 bits per heavy atom. The topological polar surface area (TPSA) is 12.0 Å². The van der Waals surface area contributed by atoms with Crippen LogP contribution in [0.3, 0.4) is 0 Å². The predicted molar refractivity (Wildman–Crippen MR) is 72.7 cm³/mol. The highest BCUT2D eigenvalue weighted by Crippen LogP contribution is 2.47. The van der Waals surface area contributed by atoms with E-state index in [0.29, 0.717) is 0 Å². The molecule has 1 N–H and O–H groups in total. The van der Waals surface area contributed by atoms with Crippen molar-refractivity contribution in [2.24, 2.45) is 5.92 Å². The first-order valence-electron chi connectivity index (χ1n) is 5.96. The van der Waals surface area contributed by atoms with Crippen LogP contribution in [0, 0.1) is 5.92 Å². The second kappa shape index (κ2) is 4.50. The van der Waals surface area contributed by atoms with Gasteiger partial charge in [0.1, 0.15) is 0 Å². The van der Waals surface area contributed by atoms with Crippen molar-refractivity contribution >= 4 is 15.9 Å². The molecular weight excluding hydrogens is 262 g/mol. The maximum Gasteiger partial charge on any atom is 0.0175 e. The minimum Gasteiger partial charge on any atom is -0.312 e. The Labute approximate surface area is 107 Å². The number of benzene rings is 1. The van der Waals surface area contributed by atoms with Crippen LogP contribution in [0.2, 0.25) is 0 Å². The number of nitrogens with one attached hydrogen (secondary N) is 1. The van der Waals surface area contributed by atoms with Gasteiger partial charge in [-0.1, -0.05) is 28.1 Å². The first-order valence-corrected chi connectivity index (χ1v) is 6.75. The SMILES string of the molecule is CC(C)(C)NCC1CC1c1ccc(Br)cc1. The molecule has 2 atom stereocenters. The fourth-order valence-corrected chi connectivity index (χ4v) is 2.29. The summed E-state index contributed by atoms with van der Waals surface area (Å²) in [6.07, 6.45) is 1.34. The molecule has 2 unspecified atom stereocenters. The summed E-state index contributed by atoms with van der Waals surface area (Å²) in [5.74, 6) is 1.61. The van der Waals surface area contributed by atoms with Gasteiger partial charge in [0, 0.05) is 10.0 Å². The van der Waals surface area contributed by atoms with Crippen molar-refractivity contribution in [1.29, 1.82) is 0 Å². The van der Waals surface area contributed by atoms with Crippen LogP contribution in [-0.4, -0.2) is 12.1 Å². The van der Waals surface area contributed by atoms with E-state index in [9.17, 15) is 0 Å². The molecule has 0 radical (unpaired) electrons. The number of halogens is 1. The molecular formula is C14H20BrN. The molecule has 1 fully saturated rings. The van der Waals surface area contributed by atoms with Gasteiger partial charge >= 0.3 is 0 Å². The van der Waals surface area contributed by atoms with Crippen LogP contribution in [0.25, 0.3) is 0 Å². The summed E-state index contributed by atoms with van der Waals surface area (Å²) in [5.41, 5.74) is 1.73. The molecule has 2 rings (SSSR count). The van der Waals surface area contributed by atoms with E-state index >= 15 is 0 Å². The van der Waals surface area contributed by atoms with E-state index in [1.807, 2.05) is 0 Å². The molecule has 0 saturated heterocycles. The van der Waals surface area contributed by atoms with E-state index < -0.39 is 0 Å². The Kier molecular flexibility index (Phi) is 3.41. The third-order valence-electron chi connectivity index (χ3n) is 3.12. The van der Waals surface area contributed by atoms with Crippen molar-refractivity contribution in [3.63, 3.8) is 0 Å². The van der Waals surface area contributed by atoms with Crippen LogP contribution in [0.15, 0.2) is 28.7 Å². The van der Waals surface area contributed by atoms with Gasteiger partial charge in [-0.3, -0.25) is 0 Å². The lowest BCUT2D eigenvalue weighted by Gasteiger charge is -2.20. The van der Waals surface area contributed by atoms with E-state index in [4.69, 9.17) is 0 Å². The van der Waals surface area contributed by atoms with Crippen LogP contribution in [-0.2, 0) is 0 Å². The summed E-state index contributed by atoms with van der Waals surface area (Å²) in [6, 6.07) is 8.77. The van der Waals surface area contributed by atoms with Gasteiger partial charge in [-0.25, -0.2) is 0 Å². The predicted octanol–water partition coefficient (Wildman–Crippen LogP) is 3.94. The summed E-state index contributed by atoms with van der Waals surface area (Å²) in [4.78, 5) is 0. The summed E-state index contributed by atoms with van der Waals surface area (Å²) in [6.45, 7) is 7.82. The monoisotopic (exact) mass is 281 g/mol. The van der Waals surface area contributed by atoms with E-state index in [-0.39, 0.29) is 5.54 Å². The fourth-order valence-electron chi connectivity index (χ4n) is 2.03. The van der Waals surface area contributed by atoms with Crippen LogP contribution in [0.1, 0.15) is 38.7 Å². The molecule has 0 aliphatic heterocycles. The second-order valence-corrected chi connectivity index (χ2v) is 6.70. The van der Waals surface area contributed by atoms with Crippen molar-refractivity contribution in [1.82, 2.24) is 5.32 Å². The quantitative estimate of drug-likeness (QED) is 0.885. The zero-order valence-corrected chi connectivity index (χ0v) is 11.8. The van der Waals surface area contributed by atoms with Gasteiger partial charge in [0.05, 0.1) is 0 Å². The molecule has 0 heterocycles. The highest BCUT2D eigenvalue weighted by Gasteiger charge is 2.38. The van der Waals surface area contributed by atoms with E-state index in [0.717, 1.165) is 18.4 Å². The zero-order valence-electron chi connectivity index (χ0n) is 10.3. The van der Waals surface area contributed by atoms with Crippen molar-refractivity contribution in [2.75, 3.05) is 6.54 Å². The largest absolute Gasteiger partial charge is 0.312 e. The average Bonchev–Trinajstić information content (AvgIpc) is 2.94. The Balaban J connectivity index is 1.85. The van der Waals surface area contributed by atoms with Gasteiger partial charge in [-0.2, -0.15) is 0 Å². The van der Waals surface area contributed by atoms with Crippen molar-refractivity contribution in [3.05, 3.63) is 34.3 Å². The third-order valence-corrected chi connectivity index (χ3v) is 3.64. The van der Waals surface area contributed by atoms with E-state index in [1.165, 1.54) is 16.5 Å². The van der Waals surface area contributed by atoms with Gasteiger partial charge < -0.3 is 5.32 Å². The second-order valence-electron chi connectivity index (χ2n) is 5.78. The minimum absolute atomic E-state index is 0.243. The normalized spacial score (nSPS) is 24.5. The molecule has 0 spiro atoms. The molecule has 2 heteroatoms. The molecule has 1 aliphatic rings. The van der Waals surface area contributed by atoms with Gasteiger partial charge in [0.2, 0.25) is 0 Å². The van der Waals surface area contributed by atoms with Gasteiger partial charge in [-0.15, -0.1) is 0 Å². The fraction of sp³-hybridized carbons (Fsp3) is 0.571. The molecule has 1 aromatic rings. The lowest BCUT2D eigenvalue weighted by molar-refractivity contribution is 0.414. The zero-order chi connectivity index (χ0) is 11.8. The molecule has 1 aromatic carbocycles. The Bertz CT molecular complexity index is 350. The van der Waals surface area contributed by atoms with Crippen molar-refractivity contribution in [2.45, 2.75) is 38.6 Å². The maximum atomic E-state index is 3.59. The van der Waals surface area contributed by atoms with Crippen molar-refractivity contribution in [3.8, 4) is 0 Å². The van der Waals surface area contributed by atoms with Gasteiger partial charge in [0.25, 0.3) is 0 Å². The van der Waals surface area contributed by atoms with Crippen LogP contribution < -0.4 is 5.32 Å². The lowest BCUT2D eigenvalue weighted by Crippen LogP contribution is -2.37. The highest BCUT2D eigenvalue weighted by molar-refractivity contribution is 9.10. The number of hydrogen-bond donors (Lipinski definition) is 1. The summed E-state index contributed by atoms with van der Waals surface area (Å²) in [7, 11) is 0. The summed E-state index contributed by atoms with van der Waals surface area (Å²) in [5, 5.41) is 3.59. The maximum absolute atomic E-state index is 3.59. The van der Waals surface area contributed by atoms with Crippen LogP contribution in [0.4, 0.5) is 0 Å². The minimum atomic E-state index is 0.243. The van der Waals surface area contributed by atoms with Crippen LogP contribution >= 0.6 is 15.9 Å². The third kappa shape index (κ3) is 3.33. The Morgan fingerprint density at radius 1 is 1.25 bits per heavy atom. The lowest BCUT2D eigenvalue weighted by atomic mass is 10.1. The van der Waals surface area contributed by atoms with Crippen molar-refractivity contribution < 1.29 is 0 Å². The summed E-state index contributed by atoms with van der Waals surface area (Å²) < 4.78 is 1.17.